The van der Waals surface area contributed by atoms with Crippen molar-refractivity contribution in [3.8, 4) is 0 Å². The smallest absolute Gasteiger partial charge is 0.326 e. The van der Waals surface area contributed by atoms with E-state index in [4.69, 9.17) is 21.7 Å². The molecular weight excluding hydrogens is 544 g/mol. The van der Waals surface area contributed by atoms with E-state index < -0.39 is 90.5 Å². The average Bonchev–Trinajstić information content (AvgIpc) is 2.89. The van der Waals surface area contributed by atoms with Gasteiger partial charge in [0.05, 0.1) is 6.04 Å². The summed E-state index contributed by atoms with van der Waals surface area (Å²) in [6.45, 7) is 5.05. The van der Waals surface area contributed by atoms with Crippen LogP contribution in [0.4, 0.5) is 0 Å². The van der Waals surface area contributed by atoms with Gasteiger partial charge in [-0.15, -0.1) is 0 Å². The van der Waals surface area contributed by atoms with Crippen LogP contribution in [0.5, 0.6) is 0 Å². The van der Waals surface area contributed by atoms with Crippen LogP contribution < -0.4 is 32.7 Å². The van der Waals surface area contributed by atoms with Crippen LogP contribution in [0.2, 0.25) is 0 Å². The Hall–Kier alpha value is -3.79. The highest BCUT2D eigenvalue weighted by molar-refractivity contribution is 5.95. The van der Waals surface area contributed by atoms with Crippen LogP contribution in [-0.2, 0) is 33.6 Å². The molecule has 0 bridgehead atoms. The van der Waals surface area contributed by atoms with Gasteiger partial charge < -0.3 is 48.1 Å². The molecule has 0 spiro atoms. The molecule has 0 aromatic heterocycles. The third kappa shape index (κ3) is 15.0. The summed E-state index contributed by atoms with van der Waals surface area (Å²) in [6, 6.07) is -6.35. The lowest BCUT2D eigenvalue weighted by Gasteiger charge is -2.28. The molecule has 0 unspecified atom stereocenters. The van der Waals surface area contributed by atoms with E-state index >= 15 is 0 Å². The molecule has 11 N–H and O–H groups in total. The van der Waals surface area contributed by atoms with E-state index in [1.165, 1.54) is 6.92 Å². The van der Waals surface area contributed by atoms with Gasteiger partial charge in [0.1, 0.15) is 24.2 Å². The van der Waals surface area contributed by atoms with Crippen LogP contribution in [0.3, 0.4) is 0 Å². The van der Waals surface area contributed by atoms with E-state index in [1.54, 1.807) is 13.8 Å². The van der Waals surface area contributed by atoms with Crippen molar-refractivity contribution < 1.29 is 48.9 Å². The third-order valence-corrected chi connectivity index (χ3v) is 6.33. The summed E-state index contributed by atoms with van der Waals surface area (Å²) in [6.07, 6.45) is -0.284. The molecule has 16 heteroatoms. The van der Waals surface area contributed by atoms with Gasteiger partial charge in [-0.2, -0.15) is 0 Å². The zero-order valence-corrected chi connectivity index (χ0v) is 23.7. The van der Waals surface area contributed by atoms with Crippen LogP contribution in [0, 0.1) is 5.92 Å². The van der Waals surface area contributed by atoms with E-state index in [2.05, 4.69) is 21.3 Å². The molecule has 0 saturated heterocycles. The van der Waals surface area contributed by atoms with E-state index in [0.717, 1.165) is 0 Å². The first-order chi connectivity index (χ1) is 19.1. The largest absolute Gasteiger partial charge is 0.481 e. The lowest BCUT2D eigenvalue weighted by Crippen LogP contribution is -2.59. The number of hydrogen-bond acceptors (Lipinski definition) is 9. The standard InChI is InChI=1S/C25H44N6O10/c1-4-13(2)20(31-23(38)16(9-11-19(34)35)28-21(36)14(3)27)24(39)29-15(8-10-18(32)33)22(37)30-17(25(40)41)7-5-6-12-26/h13-17,20H,4-12,26-27H2,1-3H3,(H,28,36)(H,29,39)(H,30,37)(H,31,38)(H,32,33)(H,34,35)(H,40,41)/t13-,14-,15-,16-,17-,20-/m0/s1. The number of nitrogens with two attached hydrogens (primary N) is 2. The molecule has 0 aliphatic carbocycles. The van der Waals surface area contributed by atoms with Crippen molar-refractivity contribution in [2.45, 2.75) is 102 Å². The maximum absolute atomic E-state index is 13.3. The minimum Gasteiger partial charge on any atom is -0.481 e. The maximum atomic E-state index is 13.3. The van der Waals surface area contributed by atoms with Gasteiger partial charge in [0, 0.05) is 12.8 Å². The monoisotopic (exact) mass is 588 g/mol. The summed E-state index contributed by atoms with van der Waals surface area (Å²) in [5, 5.41) is 37.2. The molecular formula is C25H44N6O10. The lowest BCUT2D eigenvalue weighted by atomic mass is 9.96. The van der Waals surface area contributed by atoms with Gasteiger partial charge in [-0.25, -0.2) is 4.79 Å². The summed E-state index contributed by atoms with van der Waals surface area (Å²) in [7, 11) is 0. The Kier molecular flexibility index (Phi) is 17.5. The van der Waals surface area contributed by atoms with Crippen LogP contribution in [0.15, 0.2) is 0 Å². The lowest BCUT2D eigenvalue weighted by molar-refractivity contribution is -0.143. The molecule has 0 aliphatic heterocycles. The molecule has 0 aromatic rings. The molecule has 0 saturated carbocycles. The van der Waals surface area contributed by atoms with E-state index in [1.807, 2.05) is 0 Å². The van der Waals surface area contributed by atoms with Crippen LogP contribution in [0.25, 0.3) is 0 Å². The predicted molar refractivity (Wildman–Crippen MR) is 145 cm³/mol. The van der Waals surface area contributed by atoms with Crippen LogP contribution in [-0.4, -0.2) is 93.6 Å². The van der Waals surface area contributed by atoms with E-state index in [9.17, 15) is 38.7 Å². The Bertz CT molecular complexity index is 929. The Balaban J connectivity index is 5.90. The minimum atomic E-state index is -1.45. The molecule has 6 atom stereocenters. The average molecular weight is 589 g/mol. The van der Waals surface area contributed by atoms with Crippen molar-refractivity contribution in [3.63, 3.8) is 0 Å². The number of hydrogen-bond donors (Lipinski definition) is 9. The highest BCUT2D eigenvalue weighted by atomic mass is 16.4. The van der Waals surface area contributed by atoms with Crippen molar-refractivity contribution in [2.75, 3.05) is 6.54 Å². The zero-order chi connectivity index (χ0) is 31.7. The number of carboxylic acids is 3. The molecule has 4 amide bonds. The Morgan fingerprint density at radius 3 is 1.54 bits per heavy atom. The Morgan fingerprint density at radius 2 is 1.12 bits per heavy atom. The van der Waals surface area contributed by atoms with E-state index in [-0.39, 0.29) is 19.3 Å². The Morgan fingerprint density at radius 1 is 0.659 bits per heavy atom. The topological polar surface area (TPSA) is 280 Å². The molecule has 0 fully saturated rings. The van der Waals surface area contributed by atoms with Crippen molar-refractivity contribution >= 4 is 41.5 Å². The molecule has 0 aliphatic rings. The number of carbonyl (C=O) groups is 7. The van der Waals surface area contributed by atoms with Crippen LogP contribution in [0.1, 0.15) is 72.1 Å². The Labute approximate surface area is 238 Å². The van der Waals surface area contributed by atoms with Gasteiger partial charge in [0.2, 0.25) is 23.6 Å². The van der Waals surface area contributed by atoms with Gasteiger partial charge >= 0.3 is 17.9 Å². The number of carboxylic acid groups (broad SMARTS) is 3. The fourth-order valence-electron chi connectivity index (χ4n) is 3.62. The van der Waals surface area contributed by atoms with Gasteiger partial charge in [-0.3, -0.25) is 28.8 Å². The summed E-state index contributed by atoms with van der Waals surface area (Å²) in [5.41, 5.74) is 11.0. The molecule has 234 valence electrons. The van der Waals surface area contributed by atoms with Crippen molar-refractivity contribution in [1.82, 2.24) is 21.3 Å². The van der Waals surface area contributed by atoms with Crippen molar-refractivity contribution in [2.24, 2.45) is 17.4 Å². The highest BCUT2D eigenvalue weighted by Gasteiger charge is 2.33. The third-order valence-electron chi connectivity index (χ3n) is 6.33. The molecule has 41 heavy (non-hydrogen) atoms. The molecule has 16 nitrogen and oxygen atoms in total. The first kappa shape index (κ1) is 37.2. The van der Waals surface area contributed by atoms with Gasteiger partial charge in [-0.05, 0) is 51.5 Å². The van der Waals surface area contributed by atoms with Crippen LogP contribution >= 0.6 is 0 Å². The second-order valence-electron chi connectivity index (χ2n) is 9.83. The summed E-state index contributed by atoms with van der Waals surface area (Å²) in [5.74, 6) is -7.67. The fourth-order valence-corrected chi connectivity index (χ4v) is 3.62. The van der Waals surface area contributed by atoms with Gasteiger partial charge in [-0.1, -0.05) is 20.3 Å². The number of aliphatic carboxylic acids is 3. The van der Waals surface area contributed by atoms with Crippen molar-refractivity contribution in [1.29, 1.82) is 0 Å². The highest BCUT2D eigenvalue weighted by Crippen LogP contribution is 2.11. The molecule has 0 radical (unpaired) electrons. The summed E-state index contributed by atoms with van der Waals surface area (Å²) < 4.78 is 0. The van der Waals surface area contributed by atoms with Crippen molar-refractivity contribution in [3.05, 3.63) is 0 Å². The summed E-state index contributed by atoms with van der Waals surface area (Å²) >= 11 is 0. The summed E-state index contributed by atoms with van der Waals surface area (Å²) in [4.78, 5) is 85.3. The fraction of sp³-hybridized carbons (Fsp3) is 0.720. The number of carbonyl (C=O) groups excluding carboxylic acids is 4. The first-order valence-corrected chi connectivity index (χ1v) is 13.5. The van der Waals surface area contributed by atoms with E-state index in [0.29, 0.717) is 25.8 Å². The number of rotatable bonds is 21. The quantitative estimate of drug-likeness (QED) is 0.0676. The molecule has 0 rings (SSSR count). The normalized spacial score (nSPS) is 15.2. The van der Waals surface area contributed by atoms with Gasteiger partial charge in [0.15, 0.2) is 0 Å². The SMILES string of the molecule is CC[C@H](C)[C@H](NC(=O)[C@H](CCC(=O)O)NC(=O)[C@H](C)N)C(=O)N[C@@H](CCC(=O)O)C(=O)N[C@@H](CCCCN)C(=O)O. The zero-order valence-electron chi connectivity index (χ0n) is 23.7. The second kappa shape index (κ2) is 19.3. The second-order valence-corrected chi connectivity index (χ2v) is 9.83. The number of unbranched alkanes of at least 4 members (excludes halogenated alkanes) is 1. The first-order valence-electron chi connectivity index (χ1n) is 13.5. The predicted octanol–water partition coefficient (Wildman–Crippen LogP) is -1.74. The molecule has 0 heterocycles. The van der Waals surface area contributed by atoms with Gasteiger partial charge in [0.25, 0.3) is 0 Å². The minimum absolute atomic E-state index is 0.0638. The number of amides is 4. The maximum Gasteiger partial charge on any atom is 0.326 e. The number of nitrogens with one attached hydrogen (secondary N) is 4. The molecule has 0 aromatic carbocycles.